The van der Waals surface area contributed by atoms with Gasteiger partial charge in [0.15, 0.2) is 5.69 Å². The highest BCUT2D eigenvalue weighted by atomic mass is 79.9. The Labute approximate surface area is 128 Å². The normalized spacial score (nSPS) is 11.6. The van der Waals surface area contributed by atoms with Crippen LogP contribution in [0.25, 0.3) is 0 Å². The molecule has 112 valence electrons. The Morgan fingerprint density at radius 2 is 1.71 bits per heavy atom. The molecule has 0 atom stereocenters. The number of nitrogens with zero attached hydrogens (tertiary/aromatic N) is 2. The molecule has 1 heterocycles. The third-order valence-electron chi connectivity index (χ3n) is 2.26. The Hall–Kier alpha value is -1.48. The number of nitrogens with one attached hydrogen (secondary N) is 1. The van der Waals surface area contributed by atoms with Crippen LogP contribution < -0.4 is 5.32 Å². The van der Waals surface area contributed by atoms with Crippen molar-refractivity contribution in [2.75, 3.05) is 5.32 Å². The van der Waals surface area contributed by atoms with Crippen LogP contribution in [0.1, 0.15) is 5.69 Å². The minimum absolute atomic E-state index is 0.0670. The van der Waals surface area contributed by atoms with E-state index in [1.807, 2.05) is 0 Å². The van der Waals surface area contributed by atoms with Crippen molar-refractivity contribution in [2.45, 2.75) is 6.18 Å². The van der Waals surface area contributed by atoms with Crippen LogP contribution in [0.4, 0.5) is 33.5 Å². The Morgan fingerprint density at radius 1 is 1.05 bits per heavy atom. The van der Waals surface area contributed by atoms with Gasteiger partial charge in [-0.2, -0.15) is 13.2 Å². The summed E-state index contributed by atoms with van der Waals surface area (Å²) in [5, 5.41) is 1.63. The SMILES string of the molecule is Fc1cc(F)c(Nc2cc(C(F)(F)F)nc(Cl)n2)cc1Br. The lowest BCUT2D eigenvalue weighted by Crippen LogP contribution is -2.10. The lowest BCUT2D eigenvalue weighted by Gasteiger charge is -2.11. The summed E-state index contributed by atoms with van der Waals surface area (Å²) in [5.74, 6) is -2.23. The van der Waals surface area contributed by atoms with E-state index in [4.69, 9.17) is 11.6 Å². The summed E-state index contributed by atoms with van der Waals surface area (Å²) in [6.45, 7) is 0. The van der Waals surface area contributed by atoms with Gasteiger partial charge in [0.2, 0.25) is 5.28 Å². The Kier molecular flexibility index (Phi) is 4.33. The van der Waals surface area contributed by atoms with Gasteiger partial charge in [0.1, 0.15) is 17.5 Å². The number of hydrogen-bond acceptors (Lipinski definition) is 3. The highest BCUT2D eigenvalue weighted by Crippen LogP contribution is 2.31. The smallest absolute Gasteiger partial charge is 0.338 e. The maximum absolute atomic E-state index is 13.5. The molecule has 1 N–H and O–H groups in total. The van der Waals surface area contributed by atoms with E-state index < -0.39 is 28.8 Å². The average molecular weight is 389 g/mol. The summed E-state index contributed by atoms with van der Waals surface area (Å²) in [6, 6.07) is 2.15. The number of benzene rings is 1. The van der Waals surface area contributed by atoms with E-state index in [0.717, 1.165) is 6.07 Å². The molecule has 0 bridgehead atoms. The summed E-state index contributed by atoms with van der Waals surface area (Å²) < 4.78 is 64.3. The van der Waals surface area contributed by atoms with Crippen molar-refractivity contribution < 1.29 is 22.0 Å². The van der Waals surface area contributed by atoms with E-state index in [9.17, 15) is 22.0 Å². The van der Waals surface area contributed by atoms with Crippen LogP contribution in [0.2, 0.25) is 5.28 Å². The maximum Gasteiger partial charge on any atom is 0.433 e. The number of alkyl halides is 3. The molecule has 0 amide bonds. The van der Waals surface area contributed by atoms with Gasteiger partial charge in [-0.05, 0) is 33.6 Å². The minimum atomic E-state index is -4.73. The first-order valence-corrected chi connectivity index (χ1v) is 6.37. The number of hydrogen-bond donors (Lipinski definition) is 1. The van der Waals surface area contributed by atoms with E-state index in [0.29, 0.717) is 12.1 Å². The van der Waals surface area contributed by atoms with Gasteiger partial charge in [-0.15, -0.1) is 0 Å². The van der Waals surface area contributed by atoms with Crippen LogP contribution in [0, 0.1) is 11.6 Å². The Balaban J connectivity index is 2.40. The molecule has 2 aromatic rings. The van der Waals surface area contributed by atoms with Gasteiger partial charge in [-0.3, -0.25) is 0 Å². The van der Waals surface area contributed by atoms with Crippen molar-refractivity contribution in [3.8, 4) is 0 Å². The Bertz CT molecular complexity index is 692. The predicted octanol–water partition coefficient (Wildman–Crippen LogP) is 4.93. The van der Waals surface area contributed by atoms with Gasteiger partial charge in [-0.1, -0.05) is 0 Å². The molecule has 0 fully saturated rings. The van der Waals surface area contributed by atoms with E-state index in [1.54, 1.807) is 0 Å². The molecule has 3 nitrogen and oxygen atoms in total. The fourth-order valence-corrected chi connectivity index (χ4v) is 1.91. The van der Waals surface area contributed by atoms with Gasteiger partial charge in [0, 0.05) is 12.1 Å². The Morgan fingerprint density at radius 3 is 2.33 bits per heavy atom. The number of aromatic nitrogens is 2. The highest BCUT2D eigenvalue weighted by molar-refractivity contribution is 9.10. The van der Waals surface area contributed by atoms with Gasteiger partial charge >= 0.3 is 6.18 Å². The second kappa shape index (κ2) is 5.72. The molecule has 0 aliphatic carbocycles. The summed E-state index contributed by atoms with van der Waals surface area (Å²) in [7, 11) is 0. The predicted molar refractivity (Wildman–Crippen MR) is 69.4 cm³/mol. The topological polar surface area (TPSA) is 37.8 Å². The first-order valence-electron chi connectivity index (χ1n) is 5.20. The van der Waals surface area contributed by atoms with Crippen LogP contribution >= 0.6 is 27.5 Å². The lowest BCUT2D eigenvalue weighted by atomic mass is 10.3. The summed E-state index contributed by atoms with van der Waals surface area (Å²) >= 11 is 8.23. The van der Waals surface area contributed by atoms with Crippen LogP contribution in [0.5, 0.6) is 0 Å². The molecule has 0 unspecified atom stereocenters. The van der Waals surface area contributed by atoms with E-state index in [1.165, 1.54) is 0 Å². The second-order valence-electron chi connectivity index (χ2n) is 3.78. The maximum atomic E-state index is 13.5. The third-order valence-corrected chi connectivity index (χ3v) is 3.04. The zero-order valence-corrected chi connectivity index (χ0v) is 12.1. The molecule has 0 radical (unpaired) electrons. The van der Waals surface area contributed by atoms with Crippen LogP contribution in [0.3, 0.4) is 0 Å². The molecule has 2 rings (SSSR count). The first kappa shape index (κ1) is 15.9. The summed E-state index contributed by atoms with van der Waals surface area (Å²) in [5.41, 5.74) is -1.56. The molecule has 10 heteroatoms. The standard InChI is InChI=1S/C11H4BrClF5N3/c12-4-1-7(6(15)2-5(4)14)19-9-3-8(11(16,17)18)20-10(13)21-9/h1-3H,(H,19,20,21). The highest BCUT2D eigenvalue weighted by Gasteiger charge is 2.33. The molecule has 0 spiro atoms. The van der Waals surface area contributed by atoms with Gasteiger partial charge < -0.3 is 5.32 Å². The number of anilines is 2. The molecule has 0 aliphatic rings. The van der Waals surface area contributed by atoms with Gasteiger partial charge in [0.05, 0.1) is 10.2 Å². The van der Waals surface area contributed by atoms with E-state index >= 15 is 0 Å². The van der Waals surface area contributed by atoms with Crippen LogP contribution in [-0.4, -0.2) is 9.97 Å². The zero-order valence-electron chi connectivity index (χ0n) is 9.77. The van der Waals surface area contributed by atoms with Gasteiger partial charge in [0.25, 0.3) is 0 Å². The monoisotopic (exact) mass is 387 g/mol. The quantitative estimate of drug-likeness (QED) is 0.450. The van der Waals surface area contributed by atoms with Crippen LogP contribution in [0.15, 0.2) is 22.7 Å². The molecular weight excluding hydrogens is 384 g/mol. The zero-order chi connectivity index (χ0) is 15.8. The van der Waals surface area contributed by atoms with E-state index in [2.05, 4.69) is 31.2 Å². The minimum Gasteiger partial charge on any atom is -0.338 e. The van der Waals surface area contributed by atoms with Crippen molar-refractivity contribution in [2.24, 2.45) is 0 Å². The largest absolute Gasteiger partial charge is 0.433 e. The summed E-state index contributed by atoms with van der Waals surface area (Å²) in [4.78, 5) is 6.53. The number of halogens is 7. The summed E-state index contributed by atoms with van der Waals surface area (Å²) in [6.07, 6.45) is -4.73. The van der Waals surface area contributed by atoms with Gasteiger partial charge in [-0.25, -0.2) is 18.7 Å². The fraction of sp³-hybridized carbons (Fsp3) is 0.0909. The van der Waals surface area contributed by atoms with E-state index in [-0.39, 0.29) is 16.0 Å². The molecule has 0 saturated carbocycles. The van der Waals surface area contributed by atoms with Crippen LogP contribution in [-0.2, 0) is 6.18 Å². The number of rotatable bonds is 2. The fourth-order valence-electron chi connectivity index (χ4n) is 1.38. The second-order valence-corrected chi connectivity index (χ2v) is 4.97. The van der Waals surface area contributed by atoms with Crippen molar-refractivity contribution >= 4 is 39.0 Å². The third kappa shape index (κ3) is 3.79. The molecule has 1 aromatic heterocycles. The van der Waals surface area contributed by atoms with Crippen molar-refractivity contribution in [3.63, 3.8) is 0 Å². The molecule has 1 aromatic carbocycles. The van der Waals surface area contributed by atoms with Crippen molar-refractivity contribution in [1.82, 2.24) is 9.97 Å². The average Bonchev–Trinajstić information content (AvgIpc) is 2.34. The molecular formula is C11H4BrClF5N3. The molecule has 0 saturated heterocycles. The lowest BCUT2D eigenvalue weighted by molar-refractivity contribution is -0.141. The van der Waals surface area contributed by atoms with Crippen molar-refractivity contribution in [1.29, 1.82) is 0 Å². The first-order chi connectivity index (χ1) is 9.66. The molecule has 0 aliphatic heterocycles. The van der Waals surface area contributed by atoms with Crippen molar-refractivity contribution in [3.05, 3.63) is 45.3 Å². The molecule has 21 heavy (non-hydrogen) atoms.